The van der Waals surface area contributed by atoms with Crippen LogP contribution in [0.2, 0.25) is 0 Å². The summed E-state index contributed by atoms with van der Waals surface area (Å²) in [6, 6.07) is 0. The van der Waals surface area contributed by atoms with Crippen molar-refractivity contribution >= 4 is 17.8 Å². The fourth-order valence-electron chi connectivity index (χ4n) is 2.12. The minimum absolute atomic E-state index is 0.0184. The quantitative estimate of drug-likeness (QED) is 0.679. The van der Waals surface area contributed by atoms with Crippen molar-refractivity contribution in [3.8, 4) is 0 Å². The number of rotatable bonds is 5. The molecule has 2 amide bonds. The highest BCUT2D eigenvalue weighted by atomic mass is 16.4. The van der Waals surface area contributed by atoms with E-state index in [-0.39, 0.29) is 23.0 Å². The number of carbonyl (C=O) groups is 3. The summed E-state index contributed by atoms with van der Waals surface area (Å²) in [5.74, 6) is -1.33. The van der Waals surface area contributed by atoms with Gasteiger partial charge in [-0.15, -0.1) is 0 Å². The fraction of sp³-hybridized carbons (Fsp3) is 0.643. The molecule has 1 heterocycles. The second kappa shape index (κ2) is 7.78. The van der Waals surface area contributed by atoms with Crippen LogP contribution >= 0.6 is 0 Å². The molecular formula is C14H23N3O4. The highest BCUT2D eigenvalue weighted by Gasteiger charge is 2.24. The van der Waals surface area contributed by atoms with E-state index in [2.05, 4.69) is 5.32 Å². The van der Waals surface area contributed by atoms with Crippen LogP contribution in [0.3, 0.4) is 0 Å². The third-order valence-electron chi connectivity index (χ3n) is 3.60. The van der Waals surface area contributed by atoms with Crippen molar-refractivity contribution in [1.29, 1.82) is 0 Å². The molecule has 0 radical (unpaired) electrons. The summed E-state index contributed by atoms with van der Waals surface area (Å²) >= 11 is 0. The molecule has 0 atom stereocenters. The molecule has 0 saturated carbocycles. The van der Waals surface area contributed by atoms with Crippen LogP contribution in [0.15, 0.2) is 11.1 Å². The van der Waals surface area contributed by atoms with E-state index >= 15 is 0 Å². The van der Waals surface area contributed by atoms with Crippen LogP contribution in [0.1, 0.15) is 20.8 Å². The van der Waals surface area contributed by atoms with Gasteiger partial charge in [-0.2, -0.15) is 0 Å². The lowest BCUT2D eigenvalue weighted by molar-refractivity contribution is -0.134. The molecule has 1 aliphatic rings. The van der Waals surface area contributed by atoms with Crippen LogP contribution in [0, 0.1) is 0 Å². The zero-order valence-corrected chi connectivity index (χ0v) is 12.8. The maximum Gasteiger partial charge on any atom is 0.331 e. The Morgan fingerprint density at radius 3 is 2.10 bits per heavy atom. The average Bonchev–Trinajstić information content (AvgIpc) is 2.45. The van der Waals surface area contributed by atoms with Gasteiger partial charge in [-0.05, 0) is 20.8 Å². The fourth-order valence-corrected chi connectivity index (χ4v) is 2.12. The predicted octanol–water partition coefficient (Wildman–Crippen LogP) is -0.312. The third-order valence-corrected chi connectivity index (χ3v) is 3.60. The molecule has 1 fully saturated rings. The van der Waals surface area contributed by atoms with Crippen LogP contribution in [-0.4, -0.2) is 72.0 Å². The van der Waals surface area contributed by atoms with Crippen LogP contribution in [-0.2, 0) is 14.4 Å². The second-order valence-corrected chi connectivity index (χ2v) is 5.08. The van der Waals surface area contributed by atoms with Crippen molar-refractivity contribution < 1.29 is 19.5 Å². The third kappa shape index (κ3) is 4.86. The molecule has 118 valence electrons. The number of likely N-dealkylation sites (N-methyl/N-ethyl adjacent to an activating group) is 1. The molecule has 0 aromatic heterocycles. The first-order chi connectivity index (χ1) is 9.86. The zero-order valence-electron chi connectivity index (χ0n) is 12.8. The van der Waals surface area contributed by atoms with Crippen LogP contribution in [0.4, 0.5) is 0 Å². The Labute approximate surface area is 124 Å². The van der Waals surface area contributed by atoms with Gasteiger partial charge in [-0.25, -0.2) is 4.79 Å². The Morgan fingerprint density at radius 1 is 1.05 bits per heavy atom. The van der Waals surface area contributed by atoms with E-state index in [1.807, 2.05) is 11.8 Å². The van der Waals surface area contributed by atoms with Gasteiger partial charge in [0, 0.05) is 43.9 Å². The zero-order chi connectivity index (χ0) is 16.0. The first-order valence-electron chi connectivity index (χ1n) is 7.05. The SMILES string of the molecule is CCNC(=O)CN1CCN(C(=O)C(C)=C(C)C(=O)O)CC1. The number of nitrogens with one attached hydrogen (secondary N) is 1. The van der Waals surface area contributed by atoms with Crippen LogP contribution in [0.25, 0.3) is 0 Å². The summed E-state index contributed by atoms with van der Waals surface area (Å²) in [5, 5.41) is 11.6. The lowest BCUT2D eigenvalue weighted by atomic mass is 10.1. The van der Waals surface area contributed by atoms with Gasteiger partial charge in [-0.3, -0.25) is 14.5 Å². The van der Waals surface area contributed by atoms with Crippen molar-refractivity contribution in [2.45, 2.75) is 20.8 Å². The van der Waals surface area contributed by atoms with Crippen molar-refractivity contribution in [3.63, 3.8) is 0 Å². The van der Waals surface area contributed by atoms with E-state index in [4.69, 9.17) is 5.11 Å². The molecule has 2 N–H and O–H groups in total. The van der Waals surface area contributed by atoms with Crippen LogP contribution in [0.5, 0.6) is 0 Å². The minimum atomic E-state index is -1.07. The van der Waals surface area contributed by atoms with Gasteiger partial charge in [0.05, 0.1) is 6.54 Å². The normalized spacial score (nSPS) is 17.2. The summed E-state index contributed by atoms with van der Waals surface area (Å²) in [5.41, 5.74) is 0.337. The Balaban J connectivity index is 2.53. The molecule has 0 unspecified atom stereocenters. The second-order valence-electron chi connectivity index (χ2n) is 5.08. The van der Waals surface area contributed by atoms with Gasteiger partial charge in [0.15, 0.2) is 0 Å². The Morgan fingerprint density at radius 2 is 1.62 bits per heavy atom. The summed E-state index contributed by atoms with van der Waals surface area (Å²) in [4.78, 5) is 38.2. The molecule has 0 bridgehead atoms. The molecule has 7 nitrogen and oxygen atoms in total. The number of hydrogen-bond donors (Lipinski definition) is 2. The highest BCUT2D eigenvalue weighted by molar-refractivity contribution is 6.01. The monoisotopic (exact) mass is 297 g/mol. The number of carboxylic acids is 1. The van der Waals surface area contributed by atoms with Gasteiger partial charge >= 0.3 is 5.97 Å². The van der Waals surface area contributed by atoms with E-state index in [0.717, 1.165) is 0 Å². The Kier molecular flexibility index (Phi) is 6.36. The molecular weight excluding hydrogens is 274 g/mol. The molecule has 0 spiro atoms. The maximum absolute atomic E-state index is 12.2. The van der Waals surface area contributed by atoms with E-state index in [1.54, 1.807) is 4.90 Å². The van der Waals surface area contributed by atoms with Gasteiger partial charge in [0.25, 0.3) is 0 Å². The number of amides is 2. The summed E-state index contributed by atoms with van der Waals surface area (Å²) in [7, 11) is 0. The summed E-state index contributed by atoms with van der Waals surface area (Å²) < 4.78 is 0. The number of nitrogens with zero attached hydrogens (tertiary/aromatic N) is 2. The van der Waals surface area contributed by atoms with Crippen molar-refractivity contribution in [1.82, 2.24) is 15.1 Å². The number of aliphatic carboxylic acids is 1. The highest BCUT2D eigenvalue weighted by Crippen LogP contribution is 2.11. The molecule has 7 heteroatoms. The maximum atomic E-state index is 12.2. The lowest BCUT2D eigenvalue weighted by Gasteiger charge is -2.34. The molecule has 0 aromatic carbocycles. The minimum Gasteiger partial charge on any atom is -0.478 e. The number of carbonyl (C=O) groups excluding carboxylic acids is 2. The molecule has 1 saturated heterocycles. The first-order valence-corrected chi connectivity index (χ1v) is 7.05. The average molecular weight is 297 g/mol. The molecule has 1 rings (SSSR count). The molecule has 0 aliphatic carbocycles. The molecule has 0 aromatic rings. The van der Waals surface area contributed by atoms with Crippen molar-refractivity contribution in [2.75, 3.05) is 39.3 Å². The Bertz CT molecular complexity index is 451. The summed E-state index contributed by atoms with van der Waals surface area (Å²) in [6.07, 6.45) is 0. The summed E-state index contributed by atoms with van der Waals surface area (Å²) in [6.45, 7) is 8.01. The van der Waals surface area contributed by atoms with E-state index in [0.29, 0.717) is 39.3 Å². The van der Waals surface area contributed by atoms with Crippen molar-refractivity contribution in [3.05, 3.63) is 11.1 Å². The van der Waals surface area contributed by atoms with E-state index in [1.165, 1.54) is 13.8 Å². The van der Waals surface area contributed by atoms with Gasteiger partial charge in [-0.1, -0.05) is 0 Å². The standard InChI is InChI=1S/C14H23N3O4/c1-4-15-12(18)9-16-5-7-17(8-6-16)13(19)10(2)11(3)14(20)21/h4-9H2,1-3H3,(H,15,18)(H,20,21). The largest absolute Gasteiger partial charge is 0.478 e. The number of carboxylic acid groups (broad SMARTS) is 1. The lowest BCUT2D eigenvalue weighted by Crippen LogP contribution is -2.51. The van der Waals surface area contributed by atoms with Gasteiger partial charge in [0.1, 0.15) is 0 Å². The number of hydrogen-bond acceptors (Lipinski definition) is 4. The molecule has 1 aliphatic heterocycles. The van der Waals surface area contributed by atoms with Crippen LogP contribution < -0.4 is 5.32 Å². The van der Waals surface area contributed by atoms with Gasteiger partial charge < -0.3 is 15.3 Å². The smallest absolute Gasteiger partial charge is 0.331 e. The Hall–Kier alpha value is -1.89. The molecule has 21 heavy (non-hydrogen) atoms. The predicted molar refractivity (Wildman–Crippen MR) is 77.7 cm³/mol. The van der Waals surface area contributed by atoms with E-state index < -0.39 is 5.97 Å². The number of piperazine rings is 1. The topological polar surface area (TPSA) is 90.0 Å². The first kappa shape index (κ1) is 17.2. The van der Waals surface area contributed by atoms with Crippen molar-refractivity contribution in [2.24, 2.45) is 0 Å². The van der Waals surface area contributed by atoms with Gasteiger partial charge in [0.2, 0.25) is 11.8 Å². The van der Waals surface area contributed by atoms with E-state index in [9.17, 15) is 14.4 Å².